The van der Waals surface area contributed by atoms with E-state index in [4.69, 9.17) is 0 Å². The topological polar surface area (TPSA) is 41.1 Å². The van der Waals surface area contributed by atoms with Crippen molar-refractivity contribution >= 4 is 18.3 Å². The third kappa shape index (κ3) is 5.33. The summed E-state index contributed by atoms with van der Waals surface area (Å²) in [6, 6.07) is 8.55. The van der Waals surface area contributed by atoms with Gasteiger partial charge in [-0.2, -0.15) is 0 Å². The van der Waals surface area contributed by atoms with Crippen LogP contribution in [0.2, 0.25) is 0 Å². The van der Waals surface area contributed by atoms with E-state index in [2.05, 4.69) is 55.7 Å². The Morgan fingerprint density at radius 3 is 2.29 bits per heavy atom. The monoisotopic (exact) mass is 310 g/mol. The Kier molecular flexibility index (Phi) is 6.69. The maximum atomic E-state index is 12.1. The van der Waals surface area contributed by atoms with Crippen LogP contribution in [0.1, 0.15) is 44.7 Å². The van der Waals surface area contributed by atoms with E-state index in [1.54, 1.807) is 0 Å². The van der Waals surface area contributed by atoms with Gasteiger partial charge in [-0.05, 0) is 42.5 Å². The lowest BCUT2D eigenvalue weighted by atomic mass is 9.87. The van der Waals surface area contributed by atoms with Crippen LogP contribution in [-0.4, -0.2) is 19.0 Å². The molecule has 1 heterocycles. The number of piperidine rings is 1. The summed E-state index contributed by atoms with van der Waals surface area (Å²) < 4.78 is 0. The van der Waals surface area contributed by atoms with Crippen molar-refractivity contribution in [3.63, 3.8) is 0 Å². The second kappa shape index (κ2) is 7.81. The van der Waals surface area contributed by atoms with Gasteiger partial charge in [0.1, 0.15) is 0 Å². The molecular formula is C17H27ClN2O. The quantitative estimate of drug-likeness (QED) is 0.901. The van der Waals surface area contributed by atoms with E-state index in [9.17, 15) is 4.79 Å². The largest absolute Gasteiger partial charge is 0.352 e. The Labute approximate surface area is 134 Å². The second-order valence-corrected chi connectivity index (χ2v) is 6.69. The standard InChI is InChI=1S/C17H26N2O.ClH/c1-17(2,3)15-6-4-13(5-7-15)12-19-16(20)14-8-10-18-11-9-14;/h4-7,14,18H,8-12H2,1-3H3,(H,19,20);1H. The lowest BCUT2D eigenvalue weighted by molar-refractivity contribution is -0.125. The van der Waals surface area contributed by atoms with Crippen LogP contribution in [0.5, 0.6) is 0 Å². The summed E-state index contributed by atoms with van der Waals surface area (Å²) in [4.78, 5) is 12.1. The fourth-order valence-electron chi connectivity index (χ4n) is 2.54. The van der Waals surface area contributed by atoms with Crippen molar-refractivity contribution < 1.29 is 4.79 Å². The van der Waals surface area contributed by atoms with E-state index in [1.807, 2.05) is 0 Å². The van der Waals surface area contributed by atoms with Crippen molar-refractivity contribution in [2.24, 2.45) is 5.92 Å². The molecular weight excluding hydrogens is 284 g/mol. The molecule has 2 N–H and O–H groups in total. The van der Waals surface area contributed by atoms with Gasteiger partial charge in [0.05, 0.1) is 0 Å². The summed E-state index contributed by atoms with van der Waals surface area (Å²) in [5.74, 6) is 0.386. The highest BCUT2D eigenvalue weighted by atomic mass is 35.5. The molecule has 2 rings (SSSR count). The highest BCUT2D eigenvalue weighted by Crippen LogP contribution is 2.22. The average molecular weight is 311 g/mol. The van der Waals surface area contributed by atoms with Crippen LogP contribution in [0.4, 0.5) is 0 Å². The first kappa shape index (κ1) is 18.0. The van der Waals surface area contributed by atoms with E-state index in [-0.39, 0.29) is 29.6 Å². The van der Waals surface area contributed by atoms with Gasteiger partial charge < -0.3 is 10.6 Å². The normalized spacial score (nSPS) is 16.1. The van der Waals surface area contributed by atoms with Gasteiger partial charge in [-0.1, -0.05) is 45.0 Å². The van der Waals surface area contributed by atoms with Crippen LogP contribution >= 0.6 is 12.4 Å². The van der Waals surface area contributed by atoms with Crippen molar-refractivity contribution in [2.75, 3.05) is 13.1 Å². The van der Waals surface area contributed by atoms with Crippen molar-refractivity contribution in [1.82, 2.24) is 10.6 Å². The Morgan fingerprint density at radius 1 is 1.19 bits per heavy atom. The van der Waals surface area contributed by atoms with Crippen LogP contribution in [0.25, 0.3) is 0 Å². The van der Waals surface area contributed by atoms with E-state index in [1.165, 1.54) is 11.1 Å². The van der Waals surface area contributed by atoms with Crippen LogP contribution in [-0.2, 0) is 16.8 Å². The molecule has 1 amide bonds. The fourth-order valence-corrected chi connectivity index (χ4v) is 2.54. The number of nitrogens with one attached hydrogen (secondary N) is 2. The van der Waals surface area contributed by atoms with Crippen LogP contribution in [0, 0.1) is 5.92 Å². The number of benzene rings is 1. The summed E-state index contributed by atoms with van der Waals surface area (Å²) in [7, 11) is 0. The predicted octanol–water partition coefficient (Wildman–Crippen LogP) is 3.02. The highest BCUT2D eigenvalue weighted by molar-refractivity contribution is 5.85. The molecule has 118 valence electrons. The summed E-state index contributed by atoms with van der Waals surface area (Å²) in [6.07, 6.45) is 1.91. The summed E-state index contributed by atoms with van der Waals surface area (Å²) in [5, 5.41) is 6.34. The minimum absolute atomic E-state index is 0. The molecule has 0 aliphatic carbocycles. The molecule has 1 aromatic rings. The number of carbonyl (C=O) groups excluding carboxylic acids is 1. The van der Waals surface area contributed by atoms with Crippen molar-refractivity contribution in [2.45, 2.75) is 45.6 Å². The van der Waals surface area contributed by atoms with Gasteiger partial charge >= 0.3 is 0 Å². The molecule has 1 saturated heterocycles. The molecule has 0 spiro atoms. The number of amides is 1. The first-order chi connectivity index (χ1) is 9.47. The van der Waals surface area contributed by atoms with Gasteiger partial charge in [0.25, 0.3) is 0 Å². The minimum Gasteiger partial charge on any atom is -0.352 e. The fraction of sp³-hybridized carbons (Fsp3) is 0.588. The molecule has 0 bridgehead atoms. The lowest BCUT2D eigenvalue weighted by Gasteiger charge is -2.22. The highest BCUT2D eigenvalue weighted by Gasteiger charge is 2.20. The Balaban J connectivity index is 0.00000220. The summed E-state index contributed by atoms with van der Waals surface area (Å²) >= 11 is 0. The zero-order valence-corrected chi connectivity index (χ0v) is 14.1. The van der Waals surface area contributed by atoms with Gasteiger partial charge in [0, 0.05) is 12.5 Å². The van der Waals surface area contributed by atoms with Crippen molar-refractivity contribution in [1.29, 1.82) is 0 Å². The molecule has 0 saturated carbocycles. The third-order valence-electron chi connectivity index (χ3n) is 4.00. The molecule has 4 heteroatoms. The molecule has 21 heavy (non-hydrogen) atoms. The van der Waals surface area contributed by atoms with E-state index in [0.29, 0.717) is 6.54 Å². The Hall–Kier alpha value is -1.06. The molecule has 3 nitrogen and oxygen atoms in total. The molecule has 1 fully saturated rings. The van der Waals surface area contributed by atoms with Crippen LogP contribution in [0.15, 0.2) is 24.3 Å². The predicted molar refractivity (Wildman–Crippen MR) is 89.8 cm³/mol. The first-order valence-electron chi connectivity index (χ1n) is 7.54. The number of carbonyl (C=O) groups is 1. The zero-order valence-electron chi connectivity index (χ0n) is 13.2. The van der Waals surface area contributed by atoms with Gasteiger partial charge in [-0.25, -0.2) is 0 Å². The average Bonchev–Trinajstić information content (AvgIpc) is 2.45. The smallest absolute Gasteiger partial charge is 0.223 e. The number of rotatable bonds is 3. The Bertz CT molecular complexity index is 445. The lowest BCUT2D eigenvalue weighted by Crippen LogP contribution is -2.37. The molecule has 0 unspecified atom stereocenters. The summed E-state index contributed by atoms with van der Waals surface area (Å²) in [6.45, 7) is 9.17. The number of halogens is 1. The van der Waals surface area contributed by atoms with Crippen LogP contribution < -0.4 is 10.6 Å². The van der Waals surface area contributed by atoms with Gasteiger partial charge in [0.15, 0.2) is 0 Å². The van der Waals surface area contributed by atoms with E-state index in [0.717, 1.165) is 25.9 Å². The SMILES string of the molecule is CC(C)(C)c1ccc(CNC(=O)C2CCNCC2)cc1.Cl. The van der Waals surface area contributed by atoms with E-state index >= 15 is 0 Å². The number of hydrogen-bond donors (Lipinski definition) is 2. The summed E-state index contributed by atoms with van der Waals surface area (Å²) in [5.41, 5.74) is 2.67. The van der Waals surface area contributed by atoms with Crippen molar-refractivity contribution in [3.8, 4) is 0 Å². The molecule has 0 atom stereocenters. The van der Waals surface area contributed by atoms with Gasteiger partial charge in [-0.15, -0.1) is 12.4 Å². The number of hydrogen-bond acceptors (Lipinski definition) is 2. The zero-order chi connectivity index (χ0) is 14.6. The third-order valence-corrected chi connectivity index (χ3v) is 4.00. The molecule has 0 aromatic heterocycles. The van der Waals surface area contributed by atoms with Gasteiger partial charge in [0.2, 0.25) is 5.91 Å². The second-order valence-electron chi connectivity index (χ2n) is 6.69. The van der Waals surface area contributed by atoms with Crippen LogP contribution in [0.3, 0.4) is 0 Å². The maximum absolute atomic E-state index is 12.1. The molecule has 0 radical (unpaired) electrons. The molecule has 1 aromatic carbocycles. The maximum Gasteiger partial charge on any atom is 0.223 e. The van der Waals surface area contributed by atoms with E-state index < -0.39 is 0 Å². The molecule has 1 aliphatic heterocycles. The van der Waals surface area contributed by atoms with Crippen molar-refractivity contribution in [3.05, 3.63) is 35.4 Å². The Morgan fingerprint density at radius 2 is 1.76 bits per heavy atom. The first-order valence-corrected chi connectivity index (χ1v) is 7.54. The molecule has 1 aliphatic rings. The minimum atomic E-state index is 0. The van der Waals surface area contributed by atoms with Gasteiger partial charge in [-0.3, -0.25) is 4.79 Å².